The molecule has 2 rings (SSSR count). The van der Waals surface area contributed by atoms with Crippen molar-refractivity contribution in [3.8, 4) is 0 Å². The lowest BCUT2D eigenvalue weighted by Crippen LogP contribution is -2.32. The van der Waals surface area contributed by atoms with E-state index in [2.05, 4.69) is 9.97 Å². The van der Waals surface area contributed by atoms with Crippen LogP contribution in [-0.2, 0) is 6.42 Å². The minimum Gasteiger partial charge on any atom is -0.357 e. The van der Waals surface area contributed by atoms with E-state index in [0.29, 0.717) is 12.2 Å². The summed E-state index contributed by atoms with van der Waals surface area (Å²) in [5, 5.41) is 0. The van der Waals surface area contributed by atoms with E-state index in [0.717, 1.165) is 13.0 Å². The van der Waals surface area contributed by atoms with Gasteiger partial charge in [-0.05, 0) is 43.2 Å². The van der Waals surface area contributed by atoms with Crippen molar-refractivity contribution in [3.63, 3.8) is 0 Å². The Labute approximate surface area is 107 Å². The maximum absolute atomic E-state index is 12.1. The maximum Gasteiger partial charge on any atom is 0.270 e. The SMILES string of the molecule is CCN(CCc1ccncc1)C(=O)c1ccc[nH]1. The fourth-order valence-corrected chi connectivity index (χ4v) is 1.85. The Kier molecular flexibility index (Phi) is 4.12. The Morgan fingerprint density at radius 1 is 1.33 bits per heavy atom. The zero-order valence-corrected chi connectivity index (χ0v) is 10.5. The van der Waals surface area contributed by atoms with Gasteiger partial charge in [0.25, 0.3) is 5.91 Å². The summed E-state index contributed by atoms with van der Waals surface area (Å²) in [6.07, 6.45) is 6.17. The summed E-state index contributed by atoms with van der Waals surface area (Å²) >= 11 is 0. The number of amides is 1. The molecule has 2 aromatic rings. The molecule has 4 nitrogen and oxygen atoms in total. The second-order valence-electron chi connectivity index (χ2n) is 4.07. The molecule has 0 saturated heterocycles. The minimum atomic E-state index is 0.0524. The second-order valence-corrected chi connectivity index (χ2v) is 4.07. The first-order valence-corrected chi connectivity index (χ1v) is 6.13. The Balaban J connectivity index is 1.96. The fraction of sp³-hybridized carbons (Fsp3) is 0.286. The molecule has 0 aliphatic heterocycles. The van der Waals surface area contributed by atoms with E-state index in [1.165, 1.54) is 5.56 Å². The quantitative estimate of drug-likeness (QED) is 0.874. The van der Waals surface area contributed by atoms with Crippen LogP contribution < -0.4 is 0 Å². The van der Waals surface area contributed by atoms with Crippen LogP contribution in [0.3, 0.4) is 0 Å². The van der Waals surface area contributed by atoms with E-state index in [1.807, 2.05) is 30.0 Å². The highest BCUT2D eigenvalue weighted by Gasteiger charge is 2.14. The molecular formula is C14H17N3O. The number of hydrogen-bond acceptors (Lipinski definition) is 2. The summed E-state index contributed by atoms with van der Waals surface area (Å²) in [5.41, 5.74) is 1.84. The third-order valence-corrected chi connectivity index (χ3v) is 2.92. The highest BCUT2D eigenvalue weighted by molar-refractivity contribution is 5.92. The van der Waals surface area contributed by atoms with Crippen molar-refractivity contribution in [1.29, 1.82) is 0 Å². The van der Waals surface area contributed by atoms with Crippen molar-refractivity contribution in [2.24, 2.45) is 0 Å². The predicted molar refractivity (Wildman–Crippen MR) is 70.3 cm³/mol. The van der Waals surface area contributed by atoms with Gasteiger partial charge in [-0.2, -0.15) is 0 Å². The lowest BCUT2D eigenvalue weighted by atomic mass is 10.2. The highest BCUT2D eigenvalue weighted by atomic mass is 16.2. The lowest BCUT2D eigenvalue weighted by molar-refractivity contribution is 0.0761. The molecule has 0 aromatic carbocycles. The van der Waals surface area contributed by atoms with E-state index >= 15 is 0 Å². The summed E-state index contributed by atoms with van der Waals surface area (Å²) in [5.74, 6) is 0.0524. The number of aromatic amines is 1. The molecule has 0 bridgehead atoms. The van der Waals surface area contributed by atoms with Crippen molar-refractivity contribution in [3.05, 3.63) is 54.1 Å². The van der Waals surface area contributed by atoms with Crippen molar-refractivity contribution < 1.29 is 4.79 Å². The summed E-state index contributed by atoms with van der Waals surface area (Å²) < 4.78 is 0. The topological polar surface area (TPSA) is 49.0 Å². The predicted octanol–water partition coefficient (Wildman–Crippen LogP) is 2.11. The van der Waals surface area contributed by atoms with E-state index in [4.69, 9.17) is 0 Å². The van der Waals surface area contributed by atoms with Crippen LogP contribution in [0.4, 0.5) is 0 Å². The van der Waals surface area contributed by atoms with Crippen molar-refractivity contribution in [1.82, 2.24) is 14.9 Å². The molecule has 18 heavy (non-hydrogen) atoms. The number of carbonyl (C=O) groups is 1. The Morgan fingerprint density at radius 2 is 2.11 bits per heavy atom. The molecule has 0 atom stereocenters. The lowest BCUT2D eigenvalue weighted by Gasteiger charge is -2.20. The highest BCUT2D eigenvalue weighted by Crippen LogP contribution is 2.05. The second kappa shape index (κ2) is 6.00. The summed E-state index contributed by atoms with van der Waals surface area (Å²) in [7, 11) is 0. The molecule has 4 heteroatoms. The summed E-state index contributed by atoms with van der Waals surface area (Å²) in [4.78, 5) is 20.9. The van der Waals surface area contributed by atoms with Gasteiger partial charge in [0.1, 0.15) is 5.69 Å². The molecule has 0 unspecified atom stereocenters. The van der Waals surface area contributed by atoms with Gasteiger partial charge in [0.2, 0.25) is 0 Å². The molecule has 0 saturated carbocycles. The normalized spacial score (nSPS) is 10.3. The summed E-state index contributed by atoms with van der Waals surface area (Å²) in [6, 6.07) is 7.60. The van der Waals surface area contributed by atoms with Crippen molar-refractivity contribution >= 4 is 5.91 Å². The monoisotopic (exact) mass is 243 g/mol. The largest absolute Gasteiger partial charge is 0.357 e. The van der Waals surface area contributed by atoms with E-state index in [9.17, 15) is 4.79 Å². The van der Waals surface area contributed by atoms with Crippen molar-refractivity contribution in [2.75, 3.05) is 13.1 Å². The Morgan fingerprint density at radius 3 is 2.72 bits per heavy atom. The van der Waals surface area contributed by atoms with E-state index in [1.54, 1.807) is 24.7 Å². The van der Waals surface area contributed by atoms with E-state index < -0.39 is 0 Å². The van der Waals surface area contributed by atoms with Gasteiger partial charge in [-0.25, -0.2) is 0 Å². The van der Waals surface area contributed by atoms with Crippen LogP contribution in [0.1, 0.15) is 23.0 Å². The van der Waals surface area contributed by atoms with Gasteiger partial charge in [-0.1, -0.05) is 0 Å². The number of carbonyl (C=O) groups excluding carboxylic acids is 1. The third kappa shape index (κ3) is 2.97. The molecule has 0 aliphatic carbocycles. The molecular weight excluding hydrogens is 226 g/mol. The average molecular weight is 243 g/mol. The number of hydrogen-bond donors (Lipinski definition) is 1. The molecule has 0 aliphatic rings. The third-order valence-electron chi connectivity index (χ3n) is 2.92. The first kappa shape index (κ1) is 12.4. The van der Waals surface area contributed by atoms with Gasteiger partial charge in [-0.15, -0.1) is 0 Å². The van der Waals surface area contributed by atoms with Crippen LogP contribution in [-0.4, -0.2) is 33.9 Å². The van der Waals surface area contributed by atoms with Crippen LogP contribution in [0.25, 0.3) is 0 Å². The number of aromatic nitrogens is 2. The van der Waals surface area contributed by atoms with Crippen LogP contribution in [0.2, 0.25) is 0 Å². The first-order chi connectivity index (χ1) is 8.81. The van der Waals surface area contributed by atoms with Crippen LogP contribution >= 0.6 is 0 Å². The van der Waals surface area contributed by atoms with Crippen LogP contribution in [0, 0.1) is 0 Å². The zero-order chi connectivity index (χ0) is 12.8. The number of nitrogens with zero attached hydrogens (tertiary/aromatic N) is 2. The number of likely N-dealkylation sites (N-methyl/N-ethyl adjacent to an activating group) is 1. The Hall–Kier alpha value is -2.10. The molecule has 0 spiro atoms. The molecule has 94 valence electrons. The van der Waals surface area contributed by atoms with Gasteiger partial charge in [-0.3, -0.25) is 9.78 Å². The summed E-state index contributed by atoms with van der Waals surface area (Å²) in [6.45, 7) is 3.43. The Bertz CT molecular complexity index is 479. The van der Waals surface area contributed by atoms with Crippen LogP contribution in [0.15, 0.2) is 42.9 Å². The van der Waals surface area contributed by atoms with Gasteiger partial charge >= 0.3 is 0 Å². The number of nitrogens with one attached hydrogen (secondary N) is 1. The molecule has 0 radical (unpaired) electrons. The zero-order valence-electron chi connectivity index (χ0n) is 10.5. The smallest absolute Gasteiger partial charge is 0.270 e. The van der Waals surface area contributed by atoms with Gasteiger partial charge < -0.3 is 9.88 Å². The molecule has 0 fully saturated rings. The fourth-order valence-electron chi connectivity index (χ4n) is 1.85. The van der Waals surface area contributed by atoms with Crippen molar-refractivity contribution in [2.45, 2.75) is 13.3 Å². The van der Waals surface area contributed by atoms with Gasteiger partial charge in [0.15, 0.2) is 0 Å². The number of H-pyrrole nitrogens is 1. The van der Waals surface area contributed by atoms with Crippen LogP contribution in [0.5, 0.6) is 0 Å². The minimum absolute atomic E-state index is 0.0524. The first-order valence-electron chi connectivity index (χ1n) is 6.13. The standard InChI is InChI=1S/C14H17N3O/c1-2-17(14(18)13-4-3-8-16-13)11-7-12-5-9-15-10-6-12/h3-6,8-10,16H,2,7,11H2,1H3. The number of rotatable bonds is 5. The molecule has 2 aromatic heterocycles. The van der Waals surface area contributed by atoms with Gasteiger partial charge in [0, 0.05) is 31.7 Å². The molecule has 1 amide bonds. The number of pyridine rings is 1. The molecule has 1 N–H and O–H groups in total. The van der Waals surface area contributed by atoms with E-state index in [-0.39, 0.29) is 5.91 Å². The van der Waals surface area contributed by atoms with Gasteiger partial charge in [0.05, 0.1) is 0 Å². The average Bonchev–Trinajstić information content (AvgIpc) is 2.94. The maximum atomic E-state index is 12.1. The molecule has 2 heterocycles.